The molecule has 1 N–H and O–H groups in total. The van der Waals surface area contributed by atoms with Crippen LogP contribution < -0.4 is 0 Å². The smallest absolute Gasteiger partial charge is 0.311 e. The van der Waals surface area contributed by atoms with Gasteiger partial charge in [-0.1, -0.05) is 6.07 Å². The number of hydrogen-bond donors (Lipinski definition) is 1. The Labute approximate surface area is 95.3 Å². The van der Waals surface area contributed by atoms with Gasteiger partial charge in [0.05, 0.1) is 24.8 Å². The van der Waals surface area contributed by atoms with Crippen LogP contribution in [0, 0.1) is 5.41 Å². The lowest BCUT2D eigenvalue weighted by atomic mass is 9.88. The van der Waals surface area contributed by atoms with Gasteiger partial charge < -0.3 is 9.84 Å². The van der Waals surface area contributed by atoms with Gasteiger partial charge in [-0.3, -0.25) is 9.78 Å². The number of aliphatic hydroxyl groups excluding tert-OH is 1. The Kier molecular flexibility index (Phi) is 4.01. The second kappa shape index (κ2) is 5.07. The predicted octanol–water partition coefficient (Wildman–Crippen LogP) is 1.32. The summed E-state index contributed by atoms with van der Waals surface area (Å²) in [6, 6.07) is 5.40. The number of ether oxygens (including phenoxy) is 1. The highest BCUT2D eigenvalue weighted by Crippen LogP contribution is 2.22. The van der Waals surface area contributed by atoms with E-state index in [1.165, 1.54) is 7.11 Å². The molecule has 0 aliphatic carbocycles. The Bertz CT molecular complexity index is 374. The molecule has 0 saturated heterocycles. The van der Waals surface area contributed by atoms with Crippen LogP contribution in [-0.4, -0.2) is 23.2 Å². The molecule has 4 nitrogen and oxygen atoms in total. The molecule has 4 heteroatoms. The maximum absolute atomic E-state index is 11.5. The Morgan fingerprint density at radius 2 is 2.06 bits per heavy atom. The van der Waals surface area contributed by atoms with Crippen molar-refractivity contribution in [1.82, 2.24) is 4.98 Å². The zero-order valence-corrected chi connectivity index (χ0v) is 9.86. The lowest BCUT2D eigenvalue weighted by molar-refractivity contribution is -0.150. The molecule has 1 heterocycles. The van der Waals surface area contributed by atoms with Crippen molar-refractivity contribution in [1.29, 1.82) is 0 Å². The van der Waals surface area contributed by atoms with Crippen molar-refractivity contribution in [3.8, 4) is 0 Å². The highest BCUT2D eigenvalue weighted by Gasteiger charge is 2.29. The SMILES string of the molecule is COC(=O)C(C)(C)Cc1cccc(CO)n1. The van der Waals surface area contributed by atoms with Crippen LogP contribution in [0.4, 0.5) is 0 Å². The van der Waals surface area contributed by atoms with Crippen molar-refractivity contribution in [2.24, 2.45) is 5.41 Å². The van der Waals surface area contributed by atoms with Gasteiger partial charge in [0.2, 0.25) is 0 Å². The molecule has 0 fully saturated rings. The Morgan fingerprint density at radius 1 is 1.44 bits per heavy atom. The monoisotopic (exact) mass is 223 g/mol. The van der Waals surface area contributed by atoms with Crippen molar-refractivity contribution < 1.29 is 14.6 Å². The molecule has 0 unspecified atom stereocenters. The molecule has 1 rings (SSSR count). The van der Waals surface area contributed by atoms with Gasteiger partial charge in [-0.2, -0.15) is 0 Å². The first-order chi connectivity index (χ1) is 7.49. The predicted molar refractivity (Wildman–Crippen MR) is 59.7 cm³/mol. The summed E-state index contributed by atoms with van der Waals surface area (Å²) >= 11 is 0. The van der Waals surface area contributed by atoms with E-state index in [4.69, 9.17) is 9.84 Å². The number of pyridine rings is 1. The Balaban J connectivity index is 2.83. The van der Waals surface area contributed by atoms with Crippen molar-refractivity contribution in [2.75, 3.05) is 7.11 Å². The van der Waals surface area contributed by atoms with E-state index >= 15 is 0 Å². The molecular weight excluding hydrogens is 206 g/mol. The first-order valence-corrected chi connectivity index (χ1v) is 5.13. The van der Waals surface area contributed by atoms with Crippen molar-refractivity contribution >= 4 is 5.97 Å². The summed E-state index contributed by atoms with van der Waals surface area (Å²) in [5, 5.41) is 8.96. The first kappa shape index (κ1) is 12.6. The minimum Gasteiger partial charge on any atom is -0.469 e. The van der Waals surface area contributed by atoms with Gasteiger partial charge in [0.15, 0.2) is 0 Å². The normalized spacial score (nSPS) is 11.2. The second-order valence-corrected chi connectivity index (χ2v) is 4.33. The van der Waals surface area contributed by atoms with Gasteiger partial charge in [-0.15, -0.1) is 0 Å². The fourth-order valence-corrected chi connectivity index (χ4v) is 1.52. The number of methoxy groups -OCH3 is 1. The average Bonchev–Trinajstić information content (AvgIpc) is 2.27. The summed E-state index contributed by atoms with van der Waals surface area (Å²) in [6.45, 7) is 3.53. The fraction of sp³-hybridized carbons (Fsp3) is 0.500. The lowest BCUT2D eigenvalue weighted by Gasteiger charge is -2.20. The number of esters is 1. The topological polar surface area (TPSA) is 59.4 Å². The number of aromatic nitrogens is 1. The minimum atomic E-state index is -0.601. The molecule has 0 aliphatic heterocycles. The number of carbonyl (C=O) groups excluding carboxylic acids is 1. The van der Waals surface area contributed by atoms with E-state index < -0.39 is 5.41 Å². The minimum absolute atomic E-state index is 0.0908. The maximum atomic E-state index is 11.5. The van der Waals surface area contributed by atoms with Gasteiger partial charge in [0, 0.05) is 12.1 Å². The first-order valence-electron chi connectivity index (χ1n) is 5.13. The molecule has 0 saturated carbocycles. The zero-order chi connectivity index (χ0) is 12.2. The Morgan fingerprint density at radius 3 is 2.62 bits per heavy atom. The van der Waals surface area contributed by atoms with E-state index in [1.54, 1.807) is 6.07 Å². The van der Waals surface area contributed by atoms with Gasteiger partial charge in [-0.05, 0) is 26.0 Å². The molecule has 1 aromatic heterocycles. The van der Waals surface area contributed by atoms with Gasteiger partial charge >= 0.3 is 5.97 Å². The third kappa shape index (κ3) is 3.03. The quantitative estimate of drug-likeness (QED) is 0.782. The van der Waals surface area contributed by atoms with Crippen LogP contribution in [0.5, 0.6) is 0 Å². The largest absolute Gasteiger partial charge is 0.469 e. The summed E-state index contributed by atoms with van der Waals surface area (Å²) in [6.07, 6.45) is 0.494. The third-order valence-electron chi connectivity index (χ3n) is 2.39. The molecule has 0 aliphatic rings. The maximum Gasteiger partial charge on any atom is 0.311 e. The fourth-order valence-electron chi connectivity index (χ4n) is 1.52. The number of carbonyl (C=O) groups is 1. The third-order valence-corrected chi connectivity index (χ3v) is 2.39. The summed E-state index contributed by atoms with van der Waals surface area (Å²) in [4.78, 5) is 15.7. The van der Waals surface area contributed by atoms with Gasteiger partial charge in [-0.25, -0.2) is 0 Å². The molecule has 0 atom stereocenters. The molecular formula is C12H17NO3. The van der Waals surface area contributed by atoms with Crippen LogP contribution >= 0.6 is 0 Å². The summed E-state index contributed by atoms with van der Waals surface area (Å²) in [7, 11) is 1.38. The molecule has 0 aromatic carbocycles. The number of nitrogens with zero attached hydrogens (tertiary/aromatic N) is 1. The van der Waals surface area contributed by atoms with Crippen LogP contribution in [-0.2, 0) is 22.6 Å². The number of rotatable bonds is 4. The van der Waals surface area contributed by atoms with Crippen LogP contribution in [0.1, 0.15) is 25.2 Å². The lowest BCUT2D eigenvalue weighted by Crippen LogP contribution is -2.28. The number of aliphatic hydroxyl groups is 1. The molecule has 0 amide bonds. The van der Waals surface area contributed by atoms with Crippen molar-refractivity contribution in [3.63, 3.8) is 0 Å². The zero-order valence-electron chi connectivity index (χ0n) is 9.86. The molecule has 88 valence electrons. The van der Waals surface area contributed by atoms with E-state index in [0.29, 0.717) is 12.1 Å². The van der Waals surface area contributed by atoms with Crippen LogP contribution in [0.25, 0.3) is 0 Å². The molecule has 16 heavy (non-hydrogen) atoms. The van der Waals surface area contributed by atoms with Crippen LogP contribution in [0.3, 0.4) is 0 Å². The van der Waals surface area contributed by atoms with Gasteiger partial charge in [0.1, 0.15) is 0 Å². The van der Waals surface area contributed by atoms with Crippen molar-refractivity contribution in [3.05, 3.63) is 29.6 Å². The highest BCUT2D eigenvalue weighted by atomic mass is 16.5. The highest BCUT2D eigenvalue weighted by molar-refractivity contribution is 5.76. The number of hydrogen-bond acceptors (Lipinski definition) is 4. The van der Waals surface area contributed by atoms with Crippen LogP contribution in [0.15, 0.2) is 18.2 Å². The molecule has 1 aromatic rings. The van der Waals surface area contributed by atoms with E-state index in [1.807, 2.05) is 26.0 Å². The summed E-state index contributed by atoms with van der Waals surface area (Å²) < 4.78 is 4.73. The standard InChI is InChI=1S/C12H17NO3/c1-12(2,11(15)16-3)7-9-5-4-6-10(8-14)13-9/h4-6,14H,7-8H2,1-3H3. The van der Waals surface area contributed by atoms with E-state index in [9.17, 15) is 4.79 Å². The summed E-state index contributed by atoms with van der Waals surface area (Å²) in [5.74, 6) is -0.260. The van der Waals surface area contributed by atoms with Crippen LogP contribution in [0.2, 0.25) is 0 Å². The molecule has 0 spiro atoms. The molecule has 0 bridgehead atoms. The Hall–Kier alpha value is -1.42. The van der Waals surface area contributed by atoms with Gasteiger partial charge in [0.25, 0.3) is 0 Å². The van der Waals surface area contributed by atoms with E-state index in [0.717, 1.165) is 5.69 Å². The average molecular weight is 223 g/mol. The summed E-state index contributed by atoms with van der Waals surface area (Å²) in [5.41, 5.74) is 0.788. The van der Waals surface area contributed by atoms with Crippen molar-refractivity contribution in [2.45, 2.75) is 26.9 Å². The van der Waals surface area contributed by atoms with E-state index in [2.05, 4.69) is 4.98 Å². The molecule has 0 radical (unpaired) electrons. The van der Waals surface area contributed by atoms with E-state index in [-0.39, 0.29) is 12.6 Å². The second-order valence-electron chi connectivity index (χ2n) is 4.33.